The Labute approximate surface area is 135 Å². The first-order valence-corrected chi connectivity index (χ1v) is 8.79. The van der Waals surface area contributed by atoms with Gasteiger partial charge in [-0.25, -0.2) is 8.42 Å². The second-order valence-electron chi connectivity index (χ2n) is 4.76. The normalized spacial score (nSPS) is 20.4. The van der Waals surface area contributed by atoms with E-state index >= 15 is 0 Å². The molecular weight excluding hydrogens is 332 g/mol. The molecule has 1 saturated heterocycles. The first kappa shape index (κ1) is 16.6. The largest absolute Gasteiger partial charge is 0.389 e. The molecule has 0 aliphatic carbocycles. The number of hydrogen-bond donors (Lipinski definition) is 1. The molecule has 1 heterocycles. The molecule has 0 spiro atoms. The summed E-state index contributed by atoms with van der Waals surface area (Å²) in [6.45, 7) is 3.09. The van der Waals surface area contributed by atoms with Crippen molar-refractivity contribution in [2.24, 2.45) is 5.73 Å². The van der Waals surface area contributed by atoms with Crippen molar-refractivity contribution in [3.8, 4) is 0 Å². The van der Waals surface area contributed by atoms with E-state index in [0.717, 1.165) is 0 Å². The maximum absolute atomic E-state index is 12.7. The van der Waals surface area contributed by atoms with Crippen LogP contribution in [0.2, 0.25) is 5.02 Å². The molecule has 1 aliphatic heterocycles. The van der Waals surface area contributed by atoms with Crippen molar-refractivity contribution in [3.63, 3.8) is 0 Å². The lowest BCUT2D eigenvalue weighted by atomic mass is 10.2. The quantitative estimate of drug-likeness (QED) is 0.839. The van der Waals surface area contributed by atoms with Crippen LogP contribution in [0, 0.1) is 0 Å². The van der Waals surface area contributed by atoms with Gasteiger partial charge in [0, 0.05) is 18.2 Å². The van der Waals surface area contributed by atoms with Gasteiger partial charge in [-0.3, -0.25) is 0 Å². The Balaban J connectivity index is 2.39. The van der Waals surface area contributed by atoms with Crippen LogP contribution in [0.3, 0.4) is 0 Å². The van der Waals surface area contributed by atoms with Crippen molar-refractivity contribution < 1.29 is 13.2 Å². The van der Waals surface area contributed by atoms with Crippen molar-refractivity contribution in [1.82, 2.24) is 4.31 Å². The molecule has 0 saturated carbocycles. The van der Waals surface area contributed by atoms with Crippen LogP contribution in [-0.4, -0.2) is 43.5 Å². The van der Waals surface area contributed by atoms with Crippen LogP contribution >= 0.6 is 23.8 Å². The Bertz CT molecular complexity index is 649. The van der Waals surface area contributed by atoms with Gasteiger partial charge in [0.25, 0.3) is 0 Å². The number of halogens is 1. The first-order chi connectivity index (χ1) is 9.87. The van der Waals surface area contributed by atoms with Gasteiger partial charge in [0.1, 0.15) is 4.99 Å². The Morgan fingerprint density at radius 3 is 2.86 bits per heavy atom. The van der Waals surface area contributed by atoms with Crippen molar-refractivity contribution in [2.75, 3.05) is 19.8 Å². The number of nitrogens with zero attached hydrogens (tertiary/aromatic N) is 1. The molecule has 1 fully saturated rings. The number of rotatable bonds is 4. The summed E-state index contributed by atoms with van der Waals surface area (Å²) in [5.74, 6) is 0. The van der Waals surface area contributed by atoms with Crippen LogP contribution in [-0.2, 0) is 14.8 Å². The molecule has 1 atom stereocenters. The van der Waals surface area contributed by atoms with Crippen LogP contribution in [0.5, 0.6) is 0 Å². The van der Waals surface area contributed by atoms with Gasteiger partial charge >= 0.3 is 0 Å². The zero-order valence-electron chi connectivity index (χ0n) is 11.6. The summed E-state index contributed by atoms with van der Waals surface area (Å²) in [5.41, 5.74) is 6.00. The summed E-state index contributed by atoms with van der Waals surface area (Å²) in [4.78, 5) is 0.287. The van der Waals surface area contributed by atoms with Crippen LogP contribution in [0.15, 0.2) is 23.1 Å². The summed E-state index contributed by atoms with van der Waals surface area (Å²) < 4.78 is 32.3. The van der Waals surface area contributed by atoms with Crippen LogP contribution in [0.1, 0.15) is 18.9 Å². The standard InChI is InChI=1S/C13H17ClN2O3S2/c1-2-9-8-19-6-5-16(9)21(17,18)10-3-4-11(13(15)20)12(14)7-10/h3-4,7,9H,2,5-6,8H2,1H3,(H2,15,20). The van der Waals surface area contributed by atoms with Crippen molar-refractivity contribution >= 4 is 38.8 Å². The SMILES string of the molecule is CCC1COCCN1S(=O)(=O)c1ccc(C(N)=S)c(Cl)c1. The number of benzene rings is 1. The second kappa shape index (κ2) is 6.58. The van der Waals surface area contributed by atoms with Crippen LogP contribution in [0.4, 0.5) is 0 Å². The zero-order chi connectivity index (χ0) is 15.6. The highest BCUT2D eigenvalue weighted by Crippen LogP contribution is 2.26. The van der Waals surface area contributed by atoms with Gasteiger partial charge in [0.2, 0.25) is 10.0 Å². The molecule has 21 heavy (non-hydrogen) atoms. The smallest absolute Gasteiger partial charge is 0.243 e. The minimum absolute atomic E-state index is 0.141. The third-order valence-electron chi connectivity index (χ3n) is 3.46. The summed E-state index contributed by atoms with van der Waals surface area (Å²) in [7, 11) is -3.60. The van der Waals surface area contributed by atoms with E-state index in [4.69, 9.17) is 34.3 Å². The summed E-state index contributed by atoms with van der Waals surface area (Å²) in [6, 6.07) is 4.27. The molecule has 0 amide bonds. The van der Waals surface area contributed by atoms with Crippen molar-refractivity contribution in [2.45, 2.75) is 24.3 Å². The highest BCUT2D eigenvalue weighted by Gasteiger charge is 2.33. The van der Waals surface area contributed by atoms with E-state index in [1.54, 1.807) is 6.07 Å². The molecule has 8 heteroatoms. The lowest BCUT2D eigenvalue weighted by molar-refractivity contribution is 0.0314. The van der Waals surface area contributed by atoms with E-state index < -0.39 is 10.0 Å². The van der Waals surface area contributed by atoms with E-state index in [-0.39, 0.29) is 20.9 Å². The number of morpholine rings is 1. The molecule has 0 radical (unpaired) electrons. The highest BCUT2D eigenvalue weighted by atomic mass is 35.5. The lowest BCUT2D eigenvalue weighted by Gasteiger charge is -2.34. The van der Waals surface area contributed by atoms with Gasteiger partial charge in [0.05, 0.1) is 23.1 Å². The number of nitrogens with two attached hydrogens (primary N) is 1. The average molecular weight is 349 g/mol. The molecular formula is C13H17ClN2O3S2. The van der Waals surface area contributed by atoms with Crippen molar-refractivity contribution in [3.05, 3.63) is 28.8 Å². The van der Waals surface area contributed by atoms with Crippen LogP contribution in [0.25, 0.3) is 0 Å². The van der Waals surface area contributed by atoms with Gasteiger partial charge in [-0.15, -0.1) is 0 Å². The molecule has 1 unspecified atom stereocenters. The second-order valence-corrected chi connectivity index (χ2v) is 7.50. The predicted octanol–water partition coefficient (Wildman–Crippen LogP) is 1.77. The minimum Gasteiger partial charge on any atom is -0.389 e. The molecule has 2 rings (SSSR count). The maximum atomic E-state index is 12.7. The number of sulfonamides is 1. The third-order valence-corrected chi connectivity index (χ3v) is 5.94. The number of hydrogen-bond acceptors (Lipinski definition) is 4. The molecule has 1 aliphatic rings. The highest BCUT2D eigenvalue weighted by molar-refractivity contribution is 7.89. The Morgan fingerprint density at radius 2 is 2.29 bits per heavy atom. The van der Waals surface area contributed by atoms with E-state index in [1.807, 2.05) is 6.92 Å². The first-order valence-electron chi connectivity index (χ1n) is 6.57. The van der Waals surface area contributed by atoms with Gasteiger partial charge in [-0.2, -0.15) is 4.31 Å². The fourth-order valence-electron chi connectivity index (χ4n) is 2.27. The summed E-state index contributed by atoms with van der Waals surface area (Å²) >= 11 is 10.9. The van der Waals surface area contributed by atoms with Gasteiger partial charge in [-0.05, 0) is 24.6 Å². The topological polar surface area (TPSA) is 72.6 Å². The Hall–Kier alpha value is -0.730. The molecule has 2 N–H and O–H groups in total. The molecule has 5 nitrogen and oxygen atoms in total. The predicted molar refractivity (Wildman–Crippen MR) is 86.1 cm³/mol. The van der Waals surface area contributed by atoms with Gasteiger partial charge in [-0.1, -0.05) is 30.7 Å². The fraction of sp³-hybridized carbons (Fsp3) is 0.462. The van der Waals surface area contributed by atoms with Gasteiger partial charge in [0.15, 0.2) is 0 Å². The van der Waals surface area contributed by atoms with E-state index in [0.29, 0.717) is 31.7 Å². The Morgan fingerprint density at radius 1 is 1.57 bits per heavy atom. The summed E-state index contributed by atoms with van der Waals surface area (Å²) in [6.07, 6.45) is 0.692. The van der Waals surface area contributed by atoms with Crippen molar-refractivity contribution in [1.29, 1.82) is 0 Å². The zero-order valence-corrected chi connectivity index (χ0v) is 14.0. The van der Waals surface area contributed by atoms with Gasteiger partial charge < -0.3 is 10.5 Å². The molecule has 1 aromatic rings. The molecule has 1 aromatic carbocycles. The monoisotopic (exact) mass is 348 g/mol. The minimum atomic E-state index is -3.60. The number of thiocarbonyl (C=S) groups is 1. The molecule has 0 bridgehead atoms. The number of ether oxygens (including phenoxy) is 1. The summed E-state index contributed by atoms with van der Waals surface area (Å²) in [5, 5.41) is 0.241. The molecule has 0 aromatic heterocycles. The van der Waals surface area contributed by atoms with E-state index in [2.05, 4.69) is 0 Å². The molecule has 116 valence electrons. The lowest BCUT2D eigenvalue weighted by Crippen LogP contribution is -2.48. The maximum Gasteiger partial charge on any atom is 0.243 e. The average Bonchev–Trinajstić information content (AvgIpc) is 2.46. The van der Waals surface area contributed by atoms with E-state index in [9.17, 15) is 8.42 Å². The Kier molecular flexibility index (Phi) is 5.21. The fourth-order valence-corrected chi connectivity index (χ4v) is 4.54. The van der Waals surface area contributed by atoms with Crippen LogP contribution < -0.4 is 5.73 Å². The van der Waals surface area contributed by atoms with E-state index in [1.165, 1.54) is 16.4 Å². The third kappa shape index (κ3) is 3.37.